The van der Waals surface area contributed by atoms with Gasteiger partial charge in [-0.1, -0.05) is 23.2 Å². The Morgan fingerprint density at radius 2 is 1.90 bits per heavy atom. The fraction of sp³-hybridized carbons (Fsp3) is 0. The van der Waals surface area contributed by atoms with E-state index in [0.29, 0.717) is 11.1 Å². The molecule has 1 aromatic carbocycles. The third-order valence-electron chi connectivity index (χ3n) is 2.65. The predicted octanol–water partition coefficient (Wildman–Crippen LogP) is 4.27. The summed E-state index contributed by atoms with van der Waals surface area (Å²) in [6.07, 6.45) is 3.05. The largest absolute Gasteiger partial charge is 0.271 e. The van der Waals surface area contributed by atoms with Gasteiger partial charge in [-0.3, -0.25) is 15.1 Å². The first-order valence-electron chi connectivity index (χ1n) is 5.68. The van der Waals surface area contributed by atoms with Crippen LogP contribution in [-0.4, -0.2) is 9.91 Å². The van der Waals surface area contributed by atoms with Crippen molar-refractivity contribution in [2.75, 3.05) is 0 Å². The highest BCUT2D eigenvalue weighted by Gasteiger charge is 2.14. The Labute approximate surface area is 130 Å². The van der Waals surface area contributed by atoms with Crippen LogP contribution in [0.2, 0.25) is 5.02 Å². The van der Waals surface area contributed by atoms with Crippen LogP contribution in [0.25, 0.3) is 10.6 Å². The van der Waals surface area contributed by atoms with Crippen LogP contribution in [0.4, 0.5) is 5.69 Å². The highest BCUT2D eigenvalue weighted by Crippen LogP contribution is 2.33. The van der Waals surface area contributed by atoms with Gasteiger partial charge in [0.2, 0.25) is 0 Å². The van der Waals surface area contributed by atoms with Gasteiger partial charge in [-0.2, -0.15) is 5.26 Å². The lowest BCUT2D eigenvalue weighted by Gasteiger charge is -2.05. The van der Waals surface area contributed by atoms with Gasteiger partial charge in [-0.05, 0) is 23.8 Å². The lowest BCUT2D eigenvalue weighted by Crippen LogP contribution is -1.91. The quantitative estimate of drug-likeness (QED) is 0.480. The molecule has 0 fully saturated rings. The van der Waals surface area contributed by atoms with Gasteiger partial charge in [0.05, 0.1) is 15.5 Å². The molecular formula is C14H7Cl2N3O2. The number of allylic oxidation sites excluding steroid dienone is 1. The van der Waals surface area contributed by atoms with Crippen LogP contribution in [0.15, 0.2) is 42.7 Å². The number of nitriles is 1. The zero-order valence-corrected chi connectivity index (χ0v) is 12.0. The summed E-state index contributed by atoms with van der Waals surface area (Å²) < 4.78 is 0. The van der Waals surface area contributed by atoms with Gasteiger partial charge < -0.3 is 0 Å². The minimum Gasteiger partial charge on any atom is -0.265 e. The van der Waals surface area contributed by atoms with Crippen LogP contribution in [0.1, 0.15) is 11.1 Å². The third-order valence-corrected chi connectivity index (χ3v) is 3.27. The van der Waals surface area contributed by atoms with Crippen molar-refractivity contribution in [1.82, 2.24) is 4.98 Å². The van der Waals surface area contributed by atoms with Crippen LogP contribution in [0.3, 0.4) is 0 Å². The van der Waals surface area contributed by atoms with E-state index < -0.39 is 4.92 Å². The fourth-order valence-electron chi connectivity index (χ4n) is 1.71. The van der Waals surface area contributed by atoms with E-state index in [1.165, 1.54) is 30.6 Å². The van der Waals surface area contributed by atoms with E-state index in [4.69, 9.17) is 23.2 Å². The standard InChI is InChI=1S/C14H7Cl2N3O2/c15-11-5-10(6-12(7-11)19(20)21)14(16)13(8-17)9-1-3-18-4-2-9/h1-7H/b14-13+. The van der Waals surface area contributed by atoms with Crippen molar-refractivity contribution in [1.29, 1.82) is 5.26 Å². The van der Waals surface area contributed by atoms with Crippen molar-refractivity contribution >= 4 is 39.5 Å². The summed E-state index contributed by atoms with van der Waals surface area (Å²) in [4.78, 5) is 14.1. The molecule has 0 aliphatic carbocycles. The molecule has 0 saturated heterocycles. The van der Waals surface area contributed by atoms with Crippen LogP contribution in [-0.2, 0) is 0 Å². The Morgan fingerprint density at radius 1 is 1.24 bits per heavy atom. The summed E-state index contributed by atoms with van der Waals surface area (Å²) in [5.41, 5.74) is 0.877. The second-order valence-corrected chi connectivity index (χ2v) is 4.81. The first-order valence-corrected chi connectivity index (χ1v) is 6.44. The number of nitro benzene ring substituents is 1. The molecule has 0 aliphatic heterocycles. The summed E-state index contributed by atoms with van der Waals surface area (Å²) in [5, 5.41) is 20.4. The van der Waals surface area contributed by atoms with Gasteiger partial charge in [-0.25, -0.2) is 0 Å². The van der Waals surface area contributed by atoms with E-state index in [1.54, 1.807) is 12.1 Å². The molecule has 2 rings (SSSR count). The molecular weight excluding hydrogens is 313 g/mol. The van der Waals surface area contributed by atoms with E-state index in [1.807, 2.05) is 6.07 Å². The highest BCUT2D eigenvalue weighted by molar-refractivity contribution is 6.53. The topological polar surface area (TPSA) is 79.8 Å². The number of nitrogens with zero attached hydrogens (tertiary/aromatic N) is 3. The summed E-state index contributed by atoms with van der Waals surface area (Å²) in [6.45, 7) is 0. The molecule has 0 atom stereocenters. The molecule has 0 spiro atoms. The summed E-state index contributed by atoms with van der Waals surface area (Å²) in [6, 6.07) is 9.20. The molecule has 0 aliphatic rings. The monoisotopic (exact) mass is 319 g/mol. The number of halogens is 2. The molecule has 5 nitrogen and oxygen atoms in total. The van der Waals surface area contributed by atoms with E-state index in [9.17, 15) is 15.4 Å². The molecule has 104 valence electrons. The first-order chi connectivity index (χ1) is 10.0. The average Bonchev–Trinajstić information content (AvgIpc) is 2.48. The molecule has 0 bridgehead atoms. The van der Waals surface area contributed by atoms with Crippen molar-refractivity contribution in [3.05, 3.63) is 69.0 Å². The zero-order chi connectivity index (χ0) is 15.4. The minimum absolute atomic E-state index is 0.0919. The van der Waals surface area contributed by atoms with Gasteiger partial charge >= 0.3 is 0 Å². The van der Waals surface area contributed by atoms with Crippen LogP contribution in [0.5, 0.6) is 0 Å². The van der Waals surface area contributed by atoms with Gasteiger partial charge in [0.25, 0.3) is 5.69 Å². The van der Waals surface area contributed by atoms with Crippen molar-refractivity contribution in [2.24, 2.45) is 0 Å². The lowest BCUT2D eigenvalue weighted by atomic mass is 10.0. The van der Waals surface area contributed by atoms with Crippen LogP contribution in [0, 0.1) is 21.4 Å². The smallest absolute Gasteiger partial charge is 0.265 e. The van der Waals surface area contributed by atoms with Crippen molar-refractivity contribution < 1.29 is 4.92 Å². The average molecular weight is 320 g/mol. The number of benzene rings is 1. The SMILES string of the molecule is N#C/C(=C(\Cl)c1cc(Cl)cc([N+](=O)[O-])c1)c1ccncc1. The van der Waals surface area contributed by atoms with E-state index in [0.717, 1.165) is 0 Å². The maximum atomic E-state index is 10.9. The normalized spacial score (nSPS) is 11.5. The number of rotatable bonds is 3. The minimum atomic E-state index is -0.571. The van der Waals surface area contributed by atoms with Crippen LogP contribution >= 0.6 is 23.2 Å². The Hall–Kier alpha value is -2.42. The lowest BCUT2D eigenvalue weighted by molar-refractivity contribution is -0.384. The van der Waals surface area contributed by atoms with E-state index in [-0.39, 0.29) is 21.3 Å². The summed E-state index contributed by atoms with van der Waals surface area (Å²) >= 11 is 12.1. The third kappa shape index (κ3) is 3.37. The summed E-state index contributed by atoms with van der Waals surface area (Å²) in [7, 11) is 0. The molecule has 1 aromatic heterocycles. The zero-order valence-electron chi connectivity index (χ0n) is 10.5. The Kier molecular flexibility index (Phi) is 4.53. The van der Waals surface area contributed by atoms with E-state index in [2.05, 4.69) is 4.98 Å². The molecule has 0 unspecified atom stereocenters. The molecule has 21 heavy (non-hydrogen) atoms. The predicted molar refractivity (Wildman–Crippen MR) is 80.6 cm³/mol. The molecule has 7 heteroatoms. The summed E-state index contributed by atoms with van der Waals surface area (Å²) in [5.74, 6) is 0. The number of aromatic nitrogens is 1. The molecule has 1 heterocycles. The number of non-ortho nitro benzene ring substituents is 1. The number of hydrogen-bond acceptors (Lipinski definition) is 4. The van der Waals surface area contributed by atoms with Gasteiger partial charge in [0.15, 0.2) is 0 Å². The molecule has 0 amide bonds. The molecule has 0 saturated carbocycles. The van der Waals surface area contributed by atoms with Gasteiger partial charge in [0, 0.05) is 35.1 Å². The fourth-order valence-corrected chi connectivity index (χ4v) is 2.20. The number of pyridine rings is 1. The van der Waals surface area contributed by atoms with Crippen molar-refractivity contribution in [3.8, 4) is 6.07 Å². The molecule has 2 aromatic rings. The maximum Gasteiger partial charge on any atom is 0.271 e. The van der Waals surface area contributed by atoms with Gasteiger partial charge in [-0.15, -0.1) is 0 Å². The second-order valence-electron chi connectivity index (χ2n) is 3.99. The van der Waals surface area contributed by atoms with Crippen molar-refractivity contribution in [3.63, 3.8) is 0 Å². The first kappa shape index (κ1) is 15.0. The molecule has 0 radical (unpaired) electrons. The molecule has 0 N–H and O–H groups in total. The van der Waals surface area contributed by atoms with Crippen molar-refractivity contribution in [2.45, 2.75) is 0 Å². The number of hydrogen-bond donors (Lipinski definition) is 0. The van der Waals surface area contributed by atoms with Gasteiger partial charge in [0.1, 0.15) is 6.07 Å². The number of nitro groups is 1. The highest BCUT2D eigenvalue weighted by atomic mass is 35.5. The Morgan fingerprint density at radius 3 is 2.48 bits per heavy atom. The van der Waals surface area contributed by atoms with Crippen LogP contribution < -0.4 is 0 Å². The maximum absolute atomic E-state index is 10.9. The second kappa shape index (κ2) is 6.35. The van der Waals surface area contributed by atoms with E-state index >= 15 is 0 Å². The Balaban J connectivity index is 2.61. The Bertz CT molecular complexity index is 768.